The van der Waals surface area contributed by atoms with Crippen LogP contribution in [0, 0.1) is 0 Å². The smallest absolute Gasteiger partial charge is 0.135 e. The third-order valence-electron chi connectivity index (χ3n) is 6.54. The second-order valence-corrected chi connectivity index (χ2v) is 9.13. The van der Waals surface area contributed by atoms with E-state index in [1.165, 1.54) is 0 Å². The maximum Gasteiger partial charge on any atom is 0.135 e. The monoisotopic (exact) mass is 506 g/mol. The molecule has 5 heteroatoms. The third-order valence-corrected chi connectivity index (χ3v) is 6.54. The topological polar surface area (TPSA) is 87.0 Å². The molecule has 0 unspecified atom stereocenters. The molecular weight excluding hydrogens is 480 g/mol. The Hall–Kier alpha value is -5.42. The highest BCUT2D eigenvalue weighted by Crippen LogP contribution is 2.43. The molecule has 2 heterocycles. The van der Waals surface area contributed by atoms with E-state index in [-0.39, 0.29) is 0 Å². The molecule has 6 rings (SSSR count). The molecule has 39 heavy (non-hydrogen) atoms. The van der Waals surface area contributed by atoms with Crippen molar-refractivity contribution >= 4 is 11.4 Å². The number of ether oxygens (including phenoxy) is 1. The number of nitrogens with two attached hydrogens (primary N) is 2. The van der Waals surface area contributed by atoms with Gasteiger partial charge in [0.1, 0.15) is 11.5 Å². The van der Waals surface area contributed by atoms with Gasteiger partial charge in [0.05, 0.1) is 11.4 Å². The van der Waals surface area contributed by atoms with Crippen LogP contribution in [0.1, 0.15) is 0 Å². The quantitative estimate of drug-likeness (QED) is 0.223. The Kier molecular flexibility index (Phi) is 6.46. The first-order valence-corrected chi connectivity index (χ1v) is 12.7. The van der Waals surface area contributed by atoms with E-state index in [1.54, 1.807) is 12.4 Å². The van der Waals surface area contributed by atoms with Crippen LogP contribution in [0.4, 0.5) is 11.4 Å². The Bertz CT molecular complexity index is 1620. The van der Waals surface area contributed by atoms with E-state index in [0.717, 1.165) is 44.8 Å². The van der Waals surface area contributed by atoms with Crippen LogP contribution in [0.15, 0.2) is 134 Å². The van der Waals surface area contributed by atoms with Gasteiger partial charge in [0.25, 0.3) is 0 Å². The molecule has 0 radical (unpaired) electrons. The standard InChI is InChI=1S/C34H26N4O/c35-23-15-17-33(29(21-23)25-9-1-3-11-27(25)31-13-5-7-19-37-31)39-34-18-16-24(36)22-30(34)26-10-2-4-12-28(26)32-14-6-8-20-38-32/h1-22H,35-36H2. The van der Waals surface area contributed by atoms with Crippen molar-refractivity contribution in [2.45, 2.75) is 0 Å². The summed E-state index contributed by atoms with van der Waals surface area (Å²) in [5.74, 6) is 1.35. The number of aromatic nitrogens is 2. The lowest BCUT2D eigenvalue weighted by atomic mass is 9.95. The van der Waals surface area contributed by atoms with Crippen LogP contribution in [0.25, 0.3) is 44.8 Å². The SMILES string of the molecule is Nc1ccc(Oc2ccc(N)cc2-c2ccccc2-c2ccccn2)c(-c2ccccc2-c2ccccn2)c1. The van der Waals surface area contributed by atoms with Crippen LogP contribution in [0.2, 0.25) is 0 Å². The Morgan fingerprint density at radius 2 is 0.821 bits per heavy atom. The van der Waals surface area contributed by atoms with Gasteiger partial charge < -0.3 is 16.2 Å². The van der Waals surface area contributed by atoms with Crippen LogP contribution in [-0.2, 0) is 0 Å². The number of hydrogen-bond donors (Lipinski definition) is 2. The summed E-state index contributed by atoms with van der Waals surface area (Å²) in [5.41, 5.74) is 21.3. The highest BCUT2D eigenvalue weighted by atomic mass is 16.5. The Labute approximate surface area is 227 Å². The minimum absolute atomic E-state index is 0.645. The van der Waals surface area contributed by atoms with Gasteiger partial charge in [-0.2, -0.15) is 0 Å². The lowest BCUT2D eigenvalue weighted by molar-refractivity contribution is 0.486. The van der Waals surface area contributed by atoms with E-state index in [2.05, 4.69) is 34.2 Å². The van der Waals surface area contributed by atoms with E-state index in [1.807, 2.05) is 97.1 Å². The molecule has 0 amide bonds. The van der Waals surface area contributed by atoms with Gasteiger partial charge in [0.15, 0.2) is 0 Å². The van der Waals surface area contributed by atoms with Gasteiger partial charge in [0, 0.05) is 46.0 Å². The molecule has 0 spiro atoms. The predicted octanol–water partition coefficient (Wildman–Crippen LogP) is 8.10. The van der Waals surface area contributed by atoms with E-state index in [0.29, 0.717) is 22.9 Å². The molecule has 2 aromatic heterocycles. The van der Waals surface area contributed by atoms with Crippen molar-refractivity contribution in [2.24, 2.45) is 0 Å². The van der Waals surface area contributed by atoms with Gasteiger partial charge in [-0.1, -0.05) is 60.7 Å². The molecule has 6 aromatic rings. The Morgan fingerprint density at radius 3 is 1.23 bits per heavy atom. The van der Waals surface area contributed by atoms with E-state index >= 15 is 0 Å². The average molecular weight is 507 g/mol. The molecule has 0 atom stereocenters. The normalized spacial score (nSPS) is 10.8. The van der Waals surface area contributed by atoms with Crippen LogP contribution in [0.3, 0.4) is 0 Å². The number of hydrogen-bond acceptors (Lipinski definition) is 5. The molecule has 0 saturated carbocycles. The van der Waals surface area contributed by atoms with Gasteiger partial charge in [-0.25, -0.2) is 0 Å². The van der Waals surface area contributed by atoms with Crippen LogP contribution >= 0.6 is 0 Å². The van der Waals surface area contributed by atoms with Gasteiger partial charge in [0.2, 0.25) is 0 Å². The number of pyridine rings is 2. The number of nitrogens with zero attached hydrogens (tertiary/aromatic N) is 2. The molecule has 0 aliphatic rings. The summed E-state index contributed by atoms with van der Waals surface area (Å²) in [6.07, 6.45) is 3.59. The first-order chi connectivity index (χ1) is 19.2. The first-order valence-electron chi connectivity index (χ1n) is 12.7. The minimum Gasteiger partial charge on any atom is -0.456 e. The maximum absolute atomic E-state index is 6.69. The zero-order valence-electron chi connectivity index (χ0n) is 21.2. The summed E-state index contributed by atoms with van der Waals surface area (Å²) in [4.78, 5) is 9.16. The van der Waals surface area contributed by atoms with Gasteiger partial charge >= 0.3 is 0 Å². The average Bonchev–Trinajstić information content (AvgIpc) is 3.00. The van der Waals surface area contributed by atoms with E-state index in [9.17, 15) is 0 Å². The van der Waals surface area contributed by atoms with Crippen molar-refractivity contribution < 1.29 is 4.74 Å². The summed E-state index contributed by atoms with van der Waals surface area (Å²) in [6.45, 7) is 0. The third kappa shape index (κ3) is 4.93. The second-order valence-electron chi connectivity index (χ2n) is 9.13. The number of nitrogen functional groups attached to an aromatic ring is 2. The van der Waals surface area contributed by atoms with Crippen LogP contribution in [-0.4, -0.2) is 9.97 Å². The lowest BCUT2D eigenvalue weighted by Crippen LogP contribution is -1.97. The molecule has 0 aliphatic heterocycles. The number of rotatable bonds is 6. The Morgan fingerprint density at radius 1 is 0.410 bits per heavy atom. The van der Waals surface area contributed by atoms with Crippen LogP contribution in [0.5, 0.6) is 11.5 Å². The van der Waals surface area contributed by atoms with Crippen molar-refractivity contribution in [2.75, 3.05) is 11.5 Å². The fourth-order valence-corrected chi connectivity index (χ4v) is 4.74. The van der Waals surface area contributed by atoms with E-state index < -0.39 is 0 Å². The van der Waals surface area contributed by atoms with Crippen molar-refractivity contribution in [3.05, 3.63) is 134 Å². The van der Waals surface area contributed by atoms with Crippen molar-refractivity contribution in [1.29, 1.82) is 0 Å². The fraction of sp³-hybridized carbons (Fsp3) is 0. The van der Waals surface area contributed by atoms with Gasteiger partial charge in [-0.05, 0) is 71.8 Å². The summed E-state index contributed by atoms with van der Waals surface area (Å²) in [6, 6.07) is 39.4. The summed E-state index contributed by atoms with van der Waals surface area (Å²) in [5, 5.41) is 0. The highest BCUT2D eigenvalue weighted by molar-refractivity contribution is 5.88. The van der Waals surface area contributed by atoms with Crippen molar-refractivity contribution in [3.8, 4) is 56.3 Å². The molecule has 0 bridgehead atoms. The van der Waals surface area contributed by atoms with Crippen LogP contribution < -0.4 is 16.2 Å². The molecule has 4 aromatic carbocycles. The zero-order valence-corrected chi connectivity index (χ0v) is 21.2. The molecule has 188 valence electrons. The maximum atomic E-state index is 6.69. The van der Waals surface area contributed by atoms with Crippen molar-refractivity contribution in [3.63, 3.8) is 0 Å². The molecule has 0 aliphatic carbocycles. The second kappa shape index (κ2) is 10.5. The molecule has 5 nitrogen and oxygen atoms in total. The fourth-order valence-electron chi connectivity index (χ4n) is 4.74. The summed E-state index contributed by atoms with van der Waals surface area (Å²) < 4.78 is 6.69. The largest absolute Gasteiger partial charge is 0.456 e. The molecule has 0 fully saturated rings. The summed E-state index contributed by atoms with van der Waals surface area (Å²) >= 11 is 0. The van der Waals surface area contributed by atoms with Gasteiger partial charge in [-0.15, -0.1) is 0 Å². The predicted molar refractivity (Wildman–Crippen MR) is 159 cm³/mol. The number of benzene rings is 4. The molecule has 4 N–H and O–H groups in total. The van der Waals surface area contributed by atoms with Crippen molar-refractivity contribution in [1.82, 2.24) is 9.97 Å². The number of anilines is 2. The first kappa shape index (κ1) is 23.9. The van der Waals surface area contributed by atoms with Gasteiger partial charge in [-0.3, -0.25) is 9.97 Å². The summed E-state index contributed by atoms with van der Waals surface area (Å²) in [7, 11) is 0. The highest BCUT2D eigenvalue weighted by Gasteiger charge is 2.18. The van der Waals surface area contributed by atoms with E-state index in [4.69, 9.17) is 16.2 Å². The lowest BCUT2D eigenvalue weighted by Gasteiger charge is -2.18. The molecular formula is C34H26N4O. The Balaban J connectivity index is 1.49. The molecule has 0 saturated heterocycles. The minimum atomic E-state index is 0.645. The zero-order chi connectivity index (χ0) is 26.6.